The number of carbonyl (C=O) groups excluding carboxylic acids is 3. The van der Waals surface area contributed by atoms with Gasteiger partial charge >= 0.3 is 33.6 Å². The number of carbonyl (C=O) groups is 3. The van der Waals surface area contributed by atoms with Crippen molar-refractivity contribution in [2.75, 3.05) is 39.6 Å². The fourth-order valence-electron chi connectivity index (χ4n) is 11.5. The number of aliphatic hydroxyl groups excluding tert-OH is 2. The van der Waals surface area contributed by atoms with Crippen LogP contribution in [0.25, 0.3) is 0 Å². The van der Waals surface area contributed by atoms with Gasteiger partial charge in [0.15, 0.2) is 6.10 Å². The van der Waals surface area contributed by atoms with Crippen LogP contribution >= 0.6 is 15.6 Å². The van der Waals surface area contributed by atoms with Crippen molar-refractivity contribution in [3.63, 3.8) is 0 Å². The Morgan fingerprint density at radius 1 is 0.248 bits per heavy atom. The zero-order valence-corrected chi connectivity index (χ0v) is 72.5. The van der Waals surface area contributed by atoms with Crippen LogP contribution in [0.1, 0.15) is 342 Å². The molecule has 0 rings (SSSR count). The number of aliphatic hydroxyl groups is 2. The molecule has 644 valence electrons. The molecule has 5 atom stereocenters. The number of esters is 3. The van der Waals surface area contributed by atoms with Crippen molar-refractivity contribution in [2.45, 2.75) is 360 Å². The minimum Gasteiger partial charge on any atom is -0.463 e. The van der Waals surface area contributed by atoms with Crippen LogP contribution in [0.5, 0.6) is 0 Å². The molecule has 0 bridgehead atoms. The lowest BCUT2D eigenvalue weighted by atomic mass is 10.0. The van der Waals surface area contributed by atoms with Crippen LogP contribution in [0.15, 0.2) is 182 Å². The summed E-state index contributed by atoms with van der Waals surface area (Å²) in [4.78, 5) is 59.0. The van der Waals surface area contributed by atoms with Gasteiger partial charge in [-0.05, 0) is 154 Å². The van der Waals surface area contributed by atoms with Crippen molar-refractivity contribution in [3.05, 3.63) is 182 Å². The second kappa shape index (κ2) is 86.0. The van der Waals surface area contributed by atoms with Crippen LogP contribution in [0, 0.1) is 0 Å². The third-order valence-corrected chi connectivity index (χ3v) is 20.0. The van der Waals surface area contributed by atoms with Crippen molar-refractivity contribution in [2.24, 2.45) is 0 Å². The molecule has 4 N–H and O–H groups in total. The molecule has 0 aromatic rings. The van der Waals surface area contributed by atoms with Crippen molar-refractivity contribution < 1.29 is 75.8 Å². The number of unbranched alkanes of at least 4 members (excludes halogenated alkanes) is 29. The van der Waals surface area contributed by atoms with Crippen LogP contribution in [-0.4, -0.2) is 95.9 Å². The Bertz CT molecular complexity index is 2780. The van der Waals surface area contributed by atoms with Crippen molar-refractivity contribution in [1.29, 1.82) is 0 Å². The molecule has 16 nitrogen and oxygen atoms in total. The molecule has 0 aromatic heterocycles. The smallest absolute Gasteiger partial charge is 0.463 e. The van der Waals surface area contributed by atoms with E-state index in [4.69, 9.17) is 32.3 Å². The highest BCUT2D eigenvalue weighted by molar-refractivity contribution is 7.47. The fraction of sp³-hybridized carbons (Fsp3) is 0.653. The summed E-state index contributed by atoms with van der Waals surface area (Å²) < 4.78 is 61.4. The summed E-state index contributed by atoms with van der Waals surface area (Å²) >= 11 is 0. The van der Waals surface area contributed by atoms with Gasteiger partial charge in [0.05, 0.1) is 26.4 Å². The third kappa shape index (κ3) is 87.3. The summed E-state index contributed by atoms with van der Waals surface area (Å²) in [5, 5.41) is 20.7. The van der Waals surface area contributed by atoms with Crippen molar-refractivity contribution >= 4 is 33.6 Å². The molecule has 0 amide bonds. The molecule has 0 aromatic carbocycles. The van der Waals surface area contributed by atoms with Gasteiger partial charge in [0.2, 0.25) is 0 Å². The maximum absolute atomic E-state index is 13.1. The number of hydrogen-bond acceptors (Lipinski definition) is 14. The first kappa shape index (κ1) is 108. The first-order valence-corrected chi connectivity index (χ1v) is 47.1. The van der Waals surface area contributed by atoms with E-state index in [1.807, 2.05) is 0 Å². The lowest BCUT2D eigenvalue weighted by Crippen LogP contribution is -2.30. The molecule has 0 heterocycles. The van der Waals surface area contributed by atoms with E-state index in [1.165, 1.54) is 83.5 Å². The van der Waals surface area contributed by atoms with E-state index in [9.17, 15) is 43.5 Å². The number of rotatable bonds is 82. The number of hydrogen-bond donors (Lipinski definition) is 4. The predicted molar refractivity (Wildman–Crippen MR) is 472 cm³/mol. The highest BCUT2D eigenvalue weighted by Gasteiger charge is 2.29. The van der Waals surface area contributed by atoms with Gasteiger partial charge in [0, 0.05) is 19.3 Å². The van der Waals surface area contributed by atoms with Crippen molar-refractivity contribution in [1.82, 2.24) is 0 Å². The number of phosphoric ester groups is 2. The van der Waals surface area contributed by atoms with Gasteiger partial charge in [-0.3, -0.25) is 32.5 Å². The van der Waals surface area contributed by atoms with Gasteiger partial charge < -0.3 is 34.2 Å². The van der Waals surface area contributed by atoms with Crippen LogP contribution < -0.4 is 0 Å². The zero-order valence-electron chi connectivity index (χ0n) is 70.7. The van der Waals surface area contributed by atoms with E-state index in [1.54, 1.807) is 0 Å². The molecule has 113 heavy (non-hydrogen) atoms. The molecular formula is C95H158O16P2. The summed E-state index contributed by atoms with van der Waals surface area (Å²) in [6.07, 6.45) is 112. The fourth-order valence-corrected chi connectivity index (χ4v) is 13.1. The Labute approximate surface area is 687 Å². The Kier molecular flexibility index (Phi) is 81.9. The van der Waals surface area contributed by atoms with Gasteiger partial charge in [-0.15, -0.1) is 0 Å². The van der Waals surface area contributed by atoms with E-state index in [2.05, 4.69) is 203 Å². The molecule has 0 spiro atoms. The Morgan fingerprint density at radius 2 is 0.442 bits per heavy atom. The van der Waals surface area contributed by atoms with Crippen molar-refractivity contribution in [3.8, 4) is 0 Å². The normalized spacial score (nSPS) is 14.7. The molecule has 0 saturated carbocycles. The second-order valence-corrected chi connectivity index (χ2v) is 31.8. The molecule has 18 heteroatoms. The topological polar surface area (TPSA) is 231 Å². The summed E-state index contributed by atoms with van der Waals surface area (Å²) in [5.41, 5.74) is 0. The largest absolute Gasteiger partial charge is 0.472 e. The number of phosphoric acid groups is 2. The van der Waals surface area contributed by atoms with E-state index < -0.39 is 91.5 Å². The van der Waals surface area contributed by atoms with Crippen LogP contribution in [0.2, 0.25) is 0 Å². The van der Waals surface area contributed by atoms with E-state index in [-0.39, 0.29) is 19.3 Å². The lowest BCUT2D eigenvalue weighted by molar-refractivity contribution is -0.161. The second-order valence-electron chi connectivity index (χ2n) is 28.9. The minimum absolute atomic E-state index is 0.0850. The van der Waals surface area contributed by atoms with Crippen LogP contribution in [0.4, 0.5) is 0 Å². The highest BCUT2D eigenvalue weighted by atomic mass is 31.2. The minimum atomic E-state index is -4.95. The maximum atomic E-state index is 13.1. The first-order chi connectivity index (χ1) is 55.2. The molecule has 0 saturated heterocycles. The summed E-state index contributed by atoms with van der Waals surface area (Å²) in [5.74, 6) is -1.59. The predicted octanol–water partition coefficient (Wildman–Crippen LogP) is 26.9. The SMILES string of the molecule is CC/C=C\C/C=C\C/C=C\C/C=C\C/C=C\CCCCCCCCCCCCCC(=O)OCC(O)COP(=O)(O)OCC(O)COP(=O)(O)OCC(COC(=O)CCCCCCCCCCCCC/C=C\C/C=C\C/C=C\C/C=C\C/C=C\CC)OC(=O)CCCCCCCCC/C=C\C/C=C\C/C=C\C/C=C\C/C=C\CC. The van der Waals surface area contributed by atoms with Gasteiger partial charge in [0.1, 0.15) is 25.4 Å². The van der Waals surface area contributed by atoms with E-state index in [0.717, 1.165) is 199 Å². The first-order valence-electron chi connectivity index (χ1n) is 44.1. The molecule has 0 fully saturated rings. The molecule has 5 unspecified atom stereocenters. The van der Waals surface area contributed by atoms with Gasteiger partial charge in [-0.25, -0.2) is 9.13 Å². The lowest BCUT2D eigenvalue weighted by Gasteiger charge is -2.21. The Balaban J connectivity index is 4.68. The molecule has 0 aliphatic carbocycles. The quantitative estimate of drug-likeness (QED) is 0.0146. The van der Waals surface area contributed by atoms with E-state index >= 15 is 0 Å². The van der Waals surface area contributed by atoms with E-state index in [0.29, 0.717) is 19.3 Å². The Morgan fingerprint density at radius 3 is 0.699 bits per heavy atom. The molecule has 0 radical (unpaired) electrons. The molecular weight excluding hydrogens is 1460 g/mol. The average Bonchev–Trinajstić information content (AvgIpc) is 0.915. The summed E-state index contributed by atoms with van der Waals surface area (Å²) in [6, 6.07) is 0. The number of allylic oxidation sites excluding steroid dienone is 30. The van der Waals surface area contributed by atoms with Crippen LogP contribution in [0.3, 0.4) is 0 Å². The Hall–Kier alpha value is -5.35. The number of ether oxygens (including phenoxy) is 3. The summed E-state index contributed by atoms with van der Waals surface area (Å²) in [7, 11) is -9.82. The highest BCUT2D eigenvalue weighted by Crippen LogP contribution is 2.45. The standard InChI is InChI=1S/C95H158O16P2/c1-4-7-10-13-16-19-22-25-28-31-34-37-40-42-44-46-49-51-54-57-60-63-66-69-72-75-78-81-93(98)105-84-90(96)85-107-112(101,102)108-86-91(97)87-109-113(103,104)110-89-92(111-95(100)83-80-77-74-71-68-65-62-59-56-53-48-39-36-33-30-27-24-21-18-15-12-9-6-3)88-106-94(99)82-79-76-73-70-67-64-61-58-55-52-50-47-45-43-41-38-35-32-29-26-23-20-17-14-11-8-5-2/h7-12,16-21,25-30,34-39,42-45,53,56,90-92,96-97H,4-6,13-15,22-24,31-33,40-41,46-52,54-55,57-89H2,1-3H3,(H,101,102)(H,103,104)/b10-7-,11-8-,12-9-,19-16-,20-17-,21-18-,28-25-,29-26-,30-27-,37-34-,38-35-,39-36-,44-42-,45-43-,56-53-. The molecule has 0 aliphatic heterocycles. The van der Waals surface area contributed by atoms with Gasteiger partial charge in [-0.2, -0.15) is 0 Å². The molecule has 0 aliphatic rings. The zero-order chi connectivity index (χ0) is 82.2. The van der Waals surface area contributed by atoms with Gasteiger partial charge in [-0.1, -0.05) is 351 Å². The average molecular weight is 1620 g/mol. The monoisotopic (exact) mass is 1620 g/mol. The summed E-state index contributed by atoms with van der Waals surface area (Å²) in [6.45, 7) is 2.35. The maximum Gasteiger partial charge on any atom is 0.472 e. The third-order valence-electron chi connectivity index (χ3n) is 18.1. The van der Waals surface area contributed by atoms with Gasteiger partial charge in [0.25, 0.3) is 0 Å². The van der Waals surface area contributed by atoms with Crippen LogP contribution in [-0.2, 0) is 55.8 Å².